The molecule has 0 saturated heterocycles. The molecule has 2 amide bonds. The zero-order chi connectivity index (χ0) is 21.6. The molecule has 0 saturated carbocycles. The second kappa shape index (κ2) is 9.76. The van der Waals surface area contributed by atoms with Crippen LogP contribution in [0.25, 0.3) is 10.9 Å². The highest BCUT2D eigenvalue weighted by atomic mass is 32.2. The van der Waals surface area contributed by atoms with Gasteiger partial charge >= 0.3 is 0 Å². The molecule has 0 atom stereocenters. The standard InChI is InChI=1S/C22H19FN4O2S2/c23-17-7-3-1-5-15(17)21(29)24-9-11-27-13-19(16-6-2-4-8-18(16)27)31-14-20(28)26-22-25-10-12-30-22/h1-8,10,12-13H,9,11,14H2,(H,24,29)(H,25,26,28). The van der Waals surface area contributed by atoms with Gasteiger partial charge in [-0.25, -0.2) is 9.37 Å². The van der Waals surface area contributed by atoms with E-state index in [1.807, 2.05) is 35.0 Å². The van der Waals surface area contributed by atoms with Crippen LogP contribution in [0.15, 0.2) is 71.2 Å². The van der Waals surface area contributed by atoms with Crippen LogP contribution < -0.4 is 10.6 Å². The van der Waals surface area contributed by atoms with E-state index >= 15 is 0 Å². The fraction of sp³-hybridized carbons (Fsp3) is 0.136. The highest BCUT2D eigenvalue weighted by Crippen LogP contribution is 2.30. The Hall–Kier alpha value is -3.17. The molecular formula is C22H19FN4O2S2. The zero-order valence-electron chi connectivity index (χ0n) is 16.4. The average molecular weight is 455 g/mol. The van der Waals surface area contributed by atoms with Crippen molar-refractivity contribution in [3.63, 3.8) is 0 Å². The molecule has 0 aliphatic carbocycles. The normalized spacial score (nSPS) is 10.9. The lowest BCUT2D eigenvalue weighted by atomic mass is 10.2. The number of fused-ring (bicyclic) bond motifs is 1. The lowest BCUT2D eigenvalue weighted by molar-refractivity contribution is -0.113. The van der Waals surface area contributed by atoms with E-state index in [0.29, 0.717) is 18.2 Å². The molecule has 0 radical (unpaired) electrons. The van der Waals surface area contributed by atoms with Crippen molar-refractivity contribution in [3.8, 4) is 0 Å². The molecule has 31 heavy (non-hydrogen) atoms. The third-order valence-corrected chi connectivity index (χ3v) is 6.28. The Morgan fingerprint density at radius 1 is 1.13 bits per heavy atom. The molecule has 0 fully saturated rings. The molecule has 0 unspecified atom stereocenters. The summed E-state index contributed by atoms with van der Waals surface area (Å²) in [7, 11) is 0. The summed E-state index contributed by atoms with van der Waals surface area (Å²) >= 11 is 2.82. The highest BCUT2D eigenvalue weighted by molar-refractivity contribution is 8.00. The molecule has 0 spiro atoms. The molecular weight excluding hydrogens is 435 g/mol. The number of thiazole rings is 1. The number of hydrogen-bond donors (Lipinski definition) is 2. The molecule has 6 nitrogen and oxygen atoms in total. The Morgan fingerprint density at radius 2 is 1.94 bits per heavy atom. The molecule has 2 N–H and O–H groups in total. The van der Waals surface area contributed by atoms with Crippen LogP contribution in [0.4, 0.5) is 9.52 Å². The van der Waals surface area contributed by atoms with Gasteiger partial charge in [-0.05, 0) is 18.2 Å². The number of para-hydroxylation sites is 1. The average Bonchev–Trinajstić information content (AvgIpc) is 3.41. The van der Waals surface area contributed by atoms with Gasteiger partial charge in [-0.3, -0.25) is 9.59 Å². The Labute approximate surface area is 186 Å². The largest absolute Gasteiger partial charge is 0.350 e. The summed E-state index contributed by atoms with van der Waals surface area (Å²) < 4.78 is 15.8. The van der Waals surface area contributed by atoms with Gasteiger partial charge in [0.25, 0.3) is 5.91 Å². The van der Waals surface area contributed by atoms with E-state index in [1.54, 1.807) is 23.7 Å². The van der Waals surface area contributed by atoms with Gasteiger partial charge in [0, 0.05) is 46.7 Å². The SMILES string of the molecule is O=C(CSc1cn(CCNC(=O)c2ccccc2F)c2ccccc12)Nc1nccs1. The van der Waals surface area contributed by atoms with Crippen molar-refractivity contribution in [3.05, 3.63) is 77.7 Å². The zero-order valence-corrected chi connectivity index (χ0v) is 18.0. The molecule has 0 aliphatic rings. The van der Waals surface area contributed by atoms with E-state index in [0.717, 1.165) is 15.8 Å². The van der Waals surface area contributed by atoms with Crippen molar-refractivity contribution in [2.24, 2.45) is 0 Å². The van der Waals surface area contributed by atoms with E-state index in [9.17, 15) is 14.0 Å². The predicted octanol–water partition coefficient (Wildman–Crippen LogP) is 4.40. The summed E-state index contributed by atoms with van der Waals surface area (Å²) in [6.45, 7) is 0.868. The van der Waals surface area contributed by atoms with Gasteiger partial charge in [-0.15, -0.1) is 23.1 Å². The fourth-order valence-corrected chi connectivity index (χ4v) is 4.56. The van der Waals surface area contributed by atoms with E-state index in [-0.39, 0.29) is 17.2 Å². The molecule has 2 aromatic heterocycles. The second-order valence-electron chi connectivity index (χ2n) is 6.61. The Balaban J connectivity index is 1.40. The lowest BCUT2D eigenvalue weighted by Gasteiger charge is -2.08. The maximum absolute atomic E-state index is 13.8. The van der Waals surface area contributed by atoms with E-state index in [1.165, 1.54) is 35.2 Å². The number of nitrogens with zero attached hydrogens (tertiary/aromatic N) is 2. The van der Waals surface area contributed by atoms with Crippen LogP contribution in [-0.4, -0.2) is 33.7 Å². The van der Waals surface area contributed by atoms with Crippen LogP contribution in [0, 0.1) is 5.82 Å². The van der Waals surface area contributed by atoms with E-state index in [4.69, 9.17) is 0 Å². The van der Waals surface area contributed by atoms with Crippen LogP contribution in [-0.2, 0) is 11.3 Å². The summed E-state index contributed by atoms with van der Waals surface area (Å²) in [6, 6.07) is 13.8. The summed E-state index contributed by atoms with van der Waals surface area (Å²) in [6.07, 6.45) is 3.62. The van der Waals surface area contributed by atoms with Crippen LogP contribution in [0.1, 0.15) is 10.4 Å². The number of halogens is 1. The minimum atomic E-state index is -0.541. The highest BCUT2D eigenvalue weighted by Gasteiger charge is 2.13. The monoisotopic (exact) mass is 454 g/mol. The molecule has 2 aromatic carbocycles. The first-order chi connectivity index (χ1) is 15.1. The van der Waals surface area contributed by atoms with Crippen molar-refractivity contribution in [1.29, 1.82) is 0 Å². The molecule has 0 bridgehead atoms. The summed E-state index contributed by atoms with van der Waals surface area (Å²) in [5.41, 5.74) is 1.04. The van der Waals surface area contributed by atoms with Crippen molar-refractivity contribution in [2.45, 2.75) is 11.4 Å². The summed E-state index contributed by atoms with van der Waals surface area (Å²) in [4.78, 5) is 29.4. The van der Waals surface area contributed by atoms with Crippen LogP contribution in [0.5, 0.6) is 0 Å². The summed E-state index contributed by atoms with van der Waals surface area (Å²) in [5.74, 6) is -0.837. The van der Waals surface area contributed by atoms with Crippen molar-refractivity contribution in [1.82, 2.24) is 14.9 Å². The number of aromatic nitrogens is 2. The number of carbonyl (C=O) groups excluding carboxylic acids is 2. The van der Waals surface area contributed by atoms with Gasteiger partial charge in [-0.1, -0.05) is 30.3 Å². The molecule has 0 aliphatic heterocycles. The van der Waals surface area contributed by atoms with Gasteiger partial charge < -0.3 is 15.2 Å². The minimum Gasteiger partial charge on any atom is -0.350 e. The fourth-order valence-electron chi connectivity index (χ4n) is 3.13. The van der Waals surface area contributed by atoms with Crippen LogP contribution in [0.3, 0.4) is 0 Å². The molecule has 4 aromatic rings. The van der Waals surface area contributed by atoms with Gasteiger partial charge in [0.15, 0.2) is 5.13 Å². The Kier molecular flexibility index (Phi) is 6.63. The maximum Gasteiger partial charge on any atom is 0.254 e. The number of anilines is 1. The molecule has 4 rings (SSSR count). The quantitative estimate of drug-likeness (QED) is 0.387. The Morgan fingerprint density at radius 3 is 2.74 bits per heavy atom. The topological polar surface area (TPSA) is 76.0 Å². The number of nitrogens with one attached hydrogen (secondary N) is 2. The van der Waals surface area contributed by atoms with Crippen molar-refractivity contribution >= 4 is 50.9 Å². The molecule has 9 heteroatoms. The van der Waals surface area contributed by atoms with Crippen molar-refractivity contribution in [2.75, 3.05) is 17.6 Å². The van der Waals surface area contributed by atoms with Crippen molar-refractivity contribution < 1.29 is 14.0 Å². The van der Waals surface area contributed by atoms with Gasteiger partial charge in [0.1, 0.15) is 5.82 Å². The van der Waals surface area contributed by atoms with Gasteiger partial charge in [0.2, 0.25) is 5.91 Å². The second-order valence-corrected chi connectivity index (χ2v) is 8.53. The first-order valence-electron chi connectivity index (χ1n) is 9.54. The van der Waals surface area contributed by atoms with E-state index < -0.39 is 11.7 Å². The maximum atomic E-state index is 13.8. The smallest absolute Gasteiger partial charge is 0.254 e. The number of rotatable bonds is 8. The first-order valence-corrected chi connectivity index (χ1v) is 11.4. The number of thioether (sulfide) groups is 1. The molecule has 158 valence electrons. The van der Waals surface area contributed by atoms with Crippen LogP contribution >= 0.6 is 23.1 Å². The number of amides is 2. The first kappa shape index (κ1) is 21.1. The summed E-state index contributed by atoms with van der Waals surface area (Å²) in [5, 5.41) is 8.96. The van der Waals surface area contributed by atoms with Crippen LogP contribution in [0.2, 0.25) is 0 Å². The predicted molar refractivity (Wildman–Crippen MR) is 122 cm³/mol. The third kappa shape index (κ3) is 5.12. The van der Waals surface area contributed by atoms with E-state index in [2.05, 4.69) is 15.6 Å². The third-order valence-electron chi connectivity index (χ3n) is 4.55. The Bertz CT molecular complexity index is 1210. The number of hydrogen-bond acceptors (Lipinski definition) is 5. The lowest BCUT2D eigenvalue weighted by Crippen LogP contribution is -2.27. The van der Waals surface area contributed by atoms with Gasteiger partial charge in [-0.2, -0.15) is 0 Å². The number of carbonyl (C=O) groups is 2. The van der Waals surface area contributed by atoms with Gasteiger partial charge in [0.05, 0.1) is 11.3 Å². The number of benzene rings is 2. The minimum absolute atomic E-state index is 0.0300. The molecule has 2 heterocycles.